The maximum atomic E-state index is 11.8. The lowest BCUT2D eigenvalue weighted by atomic mass is 10.1. The molecule has 4 heteroatoms. The van der Waals surface area contributed by atoms with Gasteiger partial charge in [0.1, 0.15) is 5.75 Å². The van der Waals surface area contributed by atoms with Crippen LogP contribution in [0.3, 0.4) is 0 Å². The highest BCUT2D eigenvalue weighted by molar-refractivity contribution is 5.77. The predicted molar refractivity (Wildman–Crippen MR) is 73.0 cm³/mol. The first-order valence-electron chi connectivity index (χ1n) is 6.86. The number of aliphatic hydroxyl groups is 1. The summed E-state index contributed by atoms with van der Waals surface area (Å²) >= 11 is 0. The number of nitrogens with one attached hydrogen (secondary N) is 1. The van der Waals surface area contributed by atoms with Crippen LogP contribution in [0, 0.1) is 0 Å². The molecular formula is C15H21NO3. The molecule has 1 amide bonds. The van der Waals surface area contributed by atoms with Crippen molar-refractivity contribution in [1.29, 1.82) is 0 Å². The molecule has 2 N–H and O–H groups in total. The minimum absolute atomic E-state index is 0.000231. The number of aliphatic hydroxyl groups excluding tert-OH is 1. The van der Waals surface area contributed by atoms with Crippen molar-refractivity contribution in [2.24, 2.45) is 0 Å². The Labute approximate surface area is 113 Å². The number of hydrogen-bond acceptors (Lipinski definition) is 3. The molecule has 1 aliphatic carbocycles. The lowest BCUT2D eigenvalue weighted by Gasteiger charge is -2.15. The fourth-order valence-electron chi connectivity index (χ4n) is 2.44. The van der Waals surface area contributed by atoms with Crippen LogP contribution in [0.5, 0.6) is 5.75 Å². The van der Waals surface area contributed by atoms with Gasteiger partial charge in [0, 0.05) is 11.6 Å². The molecule has 0 aliphatic heterocycles. The standard InChI is InChI=1S/C15H21NO3/c1-11(17)13-8-4-5-9-14(13)19-10-15(18)16-12-6-2-3-7-12/h4-5,8-9,11-12,17H,2-3,6-7,10H2,1H3,(H,16,18). The van der Waals surface area contributed by atoms with Gasteiger partial charge in [-0.25, -0.2) is 0 Å². The Morgan fingerprint density at radius 3 is 2.79 bits per heavy atom. The molecule has 4 nitrogen and oxygen atoms in total. The van der Waals surface area contributed by atoms with Crippen molar-refractivity contribution in [3.8, 4) is 5.75 Å². The molecule has 1 aliphatic rings. The summed E-state index contributed by atoms with van der Waals surface area (Å²) in [7, 11) is 0. The van der Waals surface area contributed by atoms with Crippen LogP contribution in [0.1, 0.15) is 44.3 Å². The van der Waals surface area contributed by atoms with Crippen molar-refractivity contribution in [3.63, 3.8) is 0 Å². The van der Waals surface area contributed by atoms with E-state index < -0.39 is 6.10 Å². The second kappa shape index (κ2) is 6.57. The van der Waals surface area contributed by atoms with E-state index in [1.165, 1.54) is 12.8 Å². The molecule has 0 radical (unpaired) electrons. The van der Waals surface area contributed by atoms with Crippen LogP contribution in [-0.4, -0.2) is 23.7 Å². The Kier molecular flexibility index (Phi) is 4.80. The first-order valence-corrected chi connectivity index (χ1v) is 6.86. The zero-order valence-corrected chi connectivity index (χ0v) is 11.3. The van der Waals surface area contributed by atoms with Crippen LogP contribution in [0.25, 0.3) is 0 Å². The Hall–Kier alpha value is -1.55. The summed E-state index contributed by atoms with van der Waals surface area (Å²) in [6.07, 6.45) is 3.91. The average molecular weight is 263 g/mol. The van der Waals surface area contributed by atoms with Crippen LogP contribution in [0.15, 0.2) is 24.3 Å². The van der Waals surface area contributed by atoms with E-state index in [1.54, 1.807) is 19.1 Å². The summed E-state index contributed by atoms with van der Waals surface area (Å²) in [5.74, 6) is 0.478. The number of benzene rings is 1. The van der Waals surface area contributed by atoms with Gasteiger partial charge >= 0.3 is 0 Å². The lowest BCUT2D eigenvalue weighted by Crippen LogP contribution is -2.36. The summed E-state index contributed by atoms with van der Waals surface area (Å²) < 4.78 is 5.50. The van der Waals surface area contributed by atoms with Crippen LogP contribution in [-0.2, 0) is 4.79 Å². The van der Waals surface area contributed by atoms with Gasteiger partial charge in [0.25, 0.3) is 5.91 Å². The number of ether oxygens (including phenoxy) is 1. The number of para-hydroxylation sites is 1. The zero-order chi connectivity index (χ0) is 13.7. The van der Waals surface area contributed by atoms with Gasteiger partial charge in [-0.15, -0.1) is 0 Å². The quantitative estimate of drug-likeness (QED) is 0.856. The largest absolute Gasteiger partial charge is 0.483 e. The second-order valence-corrected chi connectivity index (χ2v) is 5.05. The highest BCUT2D eigenvalue weighted by atomic mass is 16.5. The fourth-order valence-corrected chi connectivity index (χ4v) is 2.44. The van der Waals surface area contributed by atoms with Crippen LogP contribution < -0.4 is 10.1 Å². The highest BCUT2D eigenvalue weighted by Crippen LogP contribution is 2.24. The lowest BCUT2D eigenvalue weighted by molar-refractivity contribution is -0.123. The van der Waals surface area contributed by atoms with E-state index in [0.717, 1.165) is 12.8 Å². The smallest absolute Gasteiger partial charge is 0.258 e. The first kappa shape index (κ1) is 13.9. The van der Waals surface area contributed by atoms with E-state index in [9.17, 15) is 9.90 Å². The summed E-state index contributed by atoms with van der Waals surface area (Å²) in [5, 5.41) is 12.6. The Balaban J connectivity index is 1.86. The average Bonchev–Trinajstić information content (AvgIpc) is 2.89. The molecule has 1 fully saturated rings. The molecule has 0 saturated heterocycles. The monoisotopic (exact) mass is 263 g/mol. The molecule has 1 aromatic carbocycles. The van der Waals surface area contributed by atoms with E-state index in [1.807, 2.05) is 12.1 Å². The second-order valence-electron chi connectivity index (χ2n) is 5.05. The normalized spacial score (nSPS) is 17.2. The first-order chi connectivity index (χ1) is 9.16. The van der Waals surface area contributed by atoms with Gasteiger partial charge in [0.2, 0.25) is 0 Å². The molecule has 0 spiro atoms. The maximum Gasteiger partial charge on any atom is 0.258 e. The number of hydrogen-bond donors (Lipinski definition) is 2. The Morgan fingerprint density at radius 1 is 1.42 bits per heavy atom. The van der Waals surface area contributed by atoms with E-state index in [4.69, 9.17) is 4.74 Å². The van der Waals surface area contributed by atoms with E-state index in [2.05, 4.69) is 5.32 Å². The molecule has 0 aromatic heterocycles. The summed E-state index contributed by atoms with van der Waals surface area (Å²) in [4.78, 5) is 11.8. The van der Waals surface area contributed by atoms with Gasteiger partial charge < -0.3 is 15.2 Å². The predicted octanol–water partition coefficient (Wildman–Crippen LogP) is 2.18. The third kappa shape index (κ3) is 3.96. The van der Waals surface area contributed by atoms with Crippen LogP contribution >= 0.6 is 0 Å². The molecule has 19 heavy (non-hydrogen) atoms. The molecule has 1 saturated carbocycles. The third-order valence-electron chi connectivity index (χ3n) is 3.45. The molecule has 1 unspecified atom stereocenters. The molecule has 1 aromatic rings. The zero-order valence-electron chi connectivity index (χ0n) is 11.3. The molecule has 0 bridgehead atoms. The van der Waals surface area contributed by atoms with Crippen molar-refractivity contribution in [1.82, 2.24) is 5.32 Å². The number of rotatable bonds is 5. The van der Waals surface area contributed by atoms with Crippen molar-refractivity contribution in [3.05, 3.63) is 29.8 Å². The van der Waals surface area contributed by atoms with Gasteiger partial charge in [-0.3, -0.25) is 4.79 Å². The minimum Gasteiger partial charge on any atom is -0.483 e. The van der Waals surface area contributed by atoms with E-state index >= 15 is 0 Å². The molecule has 104 valence electrons. The summed E-state index contributed by atoms with van der Waals surface area (Å²) in [6.45, 7) is 1.68. The van der Waals surface area contributed by atoms with Gasteiger partial charge in [0.05, 0.1) is 6.10 Å². The summed E-state index contributed by atoms with van der Waals surface area (Å²) in [5.41, 5.74) is 0.705. The maximum absolute atomic E-state index is 11.8. The van der Waals surface area contributed by atoms with Gasteiger partial charge in [-0.05, 0) is 25.8 Å². The SMILES string of the molecule is CC(O)c1ccccc1OCC(=O)NC1CCCC1. The van der Waals surface area contributed by atoms with Crippen molar-refractivity contribution in [2.45, 2.75) is 44.8 Å². The molecular weight excluding hydrogens is 242 g/mol. The van der Waals surface area contributed by atoms with Gasteiger partial charge in [-0.1, -0.05) is 31.0 Å². The number of carbonyl (C=O) groups is 1. The fraction of sp³-hybridized carbons (Fsp3) is 0.533. The van der Waals surface area contributed by atoms with E-state index in [0.29, 0.717) is 17.4 Å². The van der Waals surface area contributed by atoms with E-state index in [-0.39, 0.29) is 12.5 Å². The summed E-state index contributed by atoms with van der Waals surface area (Å²) in [6, 6.07) is 7.55. The third-order valence-corrected chi connectivity index (χ3v) is 3.45. The topological polar surface area (TPSA) is 58.6 Å². The molecule has 0 heterocycles. The van der Waals surface area contributed by atoms with Crippen molar-refractivity contribution in [2.75, 3.05) is 6.61 Å². The number of carbonyl (C=O) groups excluding carboxylic acids is 1. The highest BCUT2D eigenvalue weighted by Gasteiger charge is 2.17. The van der Waals surface area contributed by atoms with Crippen molar-refractivity contribution >= 4 is 5.91 Å². The Morgan fingerprint density at radius 2 is 2.11 bits per heavy atom. The van der Waals surface area contributed by atoms with Crippen molar-refractivity contribution < 1.29 is 14.6 Å². The van der Waals surface area contributed by atoms with Crippen LogP contribution in [0.2, 0.25) is 0 Å². The number of amides is 1. The minimum atomic E-state index is -0.603. The Bertz CT molecular complexity index is 425. The molecule has 2 rings (SSSR count). The van der Waals surface area contributed by atoms with Gasteiger partial charge in [0.15, 0.2) is 6.61 Å². The van der Waals surface area contributed by atoms with Gasteiger partial charge in [-0.2, -0.15) is 0 Å². The van der Waals surface area contributed by atoms with Crippen LogP contribution in [0.4, 0.5) is 0 Å². The molecule has 1 atom stereocenters.